The topological polar surface area (TPSA) is 15.3 Å². The highest BCUT2D eigenvalue weighted by Gasteiger charge is 2.18. The van der Waals surface area contributed by atoms with Crippen LogP contribution in [0.25, 0.3) is 0 Å². The third-order valence-corrected chi connectivity index (χ3v) is 1.81. The highest BCUT2D eigenvalue weighted by atomic mass is 15.5. The molecule has 54 valence electrons. The zero-order valence-corrected chi connectivity index (χ0v) is 6.52. The fourth-order valence-electron chi connectivity index (χ4n) is 1.15. The Bertz CT molecular complexity index is 90.9. The number of nitrogens with one attached hydrogen (secondary N) is 1. The smallest absolute Gasteiger partial charge is 0.0199 e. The van der Waals surface area contributed by atoms with E-state index >= 15 is 0 Å². The molecule has 1 unspecified atom stereocenters. The van der Waals surface area contributed by atoms with E-state index < -0.39 is 0 Å². The van der Waals surface area contributed by atoms with E-state index in [1.165, 1.54) is 13.0 Å². The highest BCUT2D eigenvalue weighted by Crippen LogP contribution is 2.06. The van der Waals surface area contributed by atoms with E-state index in [1.54, 1.807) is 0 Å². The molecule has 1 fully saturated rings. The van der Waals surface area contributed by atoms with Gasteiger partial charge in [0.1, 0.15) is 0 Å². The second-order valence-electron chi connectivity index (χ2n) is 3.11. The van der Waals surface area contributed by atoms with Gasteiger partial charge in [-0.3, -0.25) is 5.43 Å². The standard InChI is InChI=1S/C7H16N2/c1-6(2)9-5-4-7(3)8-9/h6-8H,4-5H2,1-3H3. The number of nitrogens with zero attached hydrogens (tertiary/aromatic N) is 1. The van der Waals surface area contributed by atoms with Crippen LogP contribution in [0.15, 0.2) is 0 Å². The lowest BCUT2D eigenvalue weighted by molar-refractivity contribution is 0.189. The maximum absolute atomic E-state index is 3.39. The molecule has 0 aromatic carbocycles. The number of hydrazine groups is 1. The first-order valence-electron chi connectivity index (χ1n) is 3.73. The van der Waals surface area contributed by atoms with Gasteiger partial charge in [-0.25, -0.2) is 5.01 Å². The third kappa shape index (κ3) is 1.66. The van der Waals surface area contributed by atoms with Gasteiger partial charge in [0, 0.05) is 18.6 Å². The molecule has 0 radical (unpaired) electrons. The predicted octanol–water partition coefficient (Wildman–Crippen LogP) is 0.994. The molecule has 1 heterocycles. The molecular formula is C7H16N2. The molecule has 0 aromatic heterocycles. The molecule has 2 heteroatoms. The predicted molar refractivity (Wildman–Crippen MR) is 39.1 cm³/mol. The summed E-state index contributed by atoms with van der Waals surface area (Å²) in [5, 5.41) is 2.30. The summed E-state index contributed by atoms with van der Waals surface area (Å²) in [5.74, 6) is 0. The van der Waals surface area contributed by atoms with Crippen molar-refractivity contribution in [3.05, 3.63) is 0 Å². The van der Waals surface area contributed by atoms with Gasteiger partial charge in [-0.2, -0.15) is 0 Å². The van der Waals surface area contributed by atoms with Crippen LogP contribution >= 0.6 is 0 Å². The minimum atomic E-state index is 0.648. The van der Waals surface area contributed by atoms with E-state index in [-0.39, 0.29) is 0 Å². The first kappa shape index (κ1) is 7.03. The number of hydrogen-bond donors (Lipinski definition) is 1. The Labute approximate surface area is 57.2 Å². The van der Waals surface area contributed by atoms with Crippen LogP contribution in [-0.4, -0.2) is 23.6 Å². The van der Waals surface area contributed by atoms with Crippen molar-refractivity contribution in [2.45, 2.75) is 39.3 Å². The molecule has 0 amide bonds. The summed E-state index contributed by atoms with van der Waals surface area (Å²) in [4.78, 5) is 0. The molecule has 1 saturated heterocycles. The first-order chi connectivity index (χ1) is 4.20. The van der Waals surface area contributed by atoms with Crippen molar-refractivity contribution in [3.8, 4) is 0 Å². The Kier molecular flexibility index (Phi) is 2.09. The third-order valence-electron chi connectivity index (χ3n) is 1.81. The van der Waals surface area contributed by atoms with Gasteiger partial charge < -0.3 is 0 Å². The molecule has 1 N–H and O–H groups in total. The molecule has 1 atom stereocenters. The summed E-state index contributed by atoms with van der Waals surface area (Å²) < 4.78 is 0. The van der Waals surface area contributed by atoms with Crippen LogP contribution < -0.4 is 5.43 Å². The van der Waals surface area contributed by atoms with Crippen molar-refractivity contribution in [2.75, 3.05) is 6.54 Å². The Hall–Kier alpha value is -0.0800. The molecule has 1 aliphatic heterocycles. The lowest BCUT2D eigenvalue weighted by Crippen LogP contribution is -2.39. The van der Waals surface area contributed by atoms with Gasteiger partial charge in [0.05, 0.1) is 0 Å². The Balaban J connectivity index is 2.30. The zero-order chi connectivity index (χ0) is 6.85. The average Bonchev–Trinajstić information content (AvgIpc) is 2.14. The SMILES string of the molecule is CC1CCN(C(C)C)N1. The van der Waals surface area contributed by atoms with Crippen LogP contribution in [0.4, 0.5) is 0 Å². The molecule has 0 aromatic rings. The van der Waals surface area contributed by atoms with Crippen molar-refractivity contribution < 1.29 is 0 Å². The van der Waals surface area contributed by atoms with E-state index in [0.29, 0.717) is 12.1 Å². The van der Waals surface area contributed by atoms with Crippen molar-refractivity contribution in [1.82, 2.24) is 10.4 Å². The summed E-state index contributed by atoms with van der Waals surface area (Å²) in [6.07, 6.45) is 1.29. The number of hydrogen-bond acceptors (Lipinski definition) is 2. The van der Waals surface area contributed by atoms with Crippen molar-refractivity contribution in [1.29, 1.82) is 0 Å². The minimum Gasteiger partial charge on any atom is -0.252 e. The molecule has 0 bridgehead atoms. The van der Waals surface area contributed by atoms with Gasteiger partial charge in [0.2, 0.25) is 0 Å². The monoisotopic (exact) mass is 128 g/mol. The fourth-order valence-corrected chi connectivity index (χ4v) is 1.15. The molecule has 9 heavy (non-hydrogen) atoms. The van der Waals surface area contributed by atoms with Gasteiger partial charge in [0.15, 0.2) is 0 Å². The maximum Gasteiger partial charge on any atom is 0.0199 e. The fraction of sp³-hybridized carbons (Fsp3) is 1.00. The van der Waals surface area contributed by atoms with E-state index in [0.717, 1.165) is 0 Å². The van der Waals surface area contributed by atoms with Crippen molar-refractivity contribution in [2.24, 2.45) is 0 Å². The van der Waals surface area contributed by atoms with Crippen LogP contribution in [0, 0.1) is 0 Å². The Morgan fingerprint density at radius 3 is 2.44 bits per heavy atom. The maximum atomic E-state index is 3.39. The number of rotatable bonds is 1. The van der Waals surface area contributed by atoms with Crippen LogP contribution in [0.3, 0.4) is 0 Å². The second-order valence-corrected chi connectivity index (χ2v) is 3.11. The van der Waals surface area contributed by atoms with E-state index in [9.17, 15) is 0 Å². The molecule has 0 saturated carbocycles. The molecular weight excluding hydrogens is 112 g/mol. The van der Waals surface area contributed by atoms with Gasteiger partial charge >= 0.3 is 0 Å². The van der Waals surface area contributed by atoms with E-state index in [2.05, 4.69) is 31.2 Å². The summed E-state index contributed by atoms with van der Waals surface area (Å²) in [7, 11) is 0. The largest absolute Gasteiger partial charge is 0.252 e. The summed E-state index contributed by atoms with van der Waals surface area (Å²) in [6.45, 7) is 7.86. The quantitative estimate of drug-likeness (QED) is 0.566. The van der Waals surface area contributed by atoms with Crippen LogP contribution in [0.5, 0.6) is 0 Å². The average molecular weight is 128 g/mol. The minimum absolute atomic E-state index is 0.648. The Morgan fingerprint density at radius 1 is 1.56 bits per heavy atom. The molecule has 0 aliphatic carbocycles. The molecule has 2 nitrogen and oxygen atoms in total. The summed E-state index contributed by atoms with van der Waals surface area (Å²) in [6, 6.07) is 1.34. The lowest BCUT2D eigenvalue weighted by Gasteiger charge is -2.20. The van der Waals surface area contributed by atoms with Crippen LogP contribution in [0.2, 0.25) is 0 Å². The summed E-state index contributed by atoms with van der Waals surface area (Å²) >= 11 is 0. The normalized spacial score (nSPS) is 30.0. The zero-order valence-electron chi connectivity index (χ0n) is 6.52. The van der Waals surface area contributed by atoms with Crippen molar-refractivity contribution >= 4 is 0 Å². The lowest BCUT2D eigenvalue weighted by atomic mass is 10.3. The van der Waals surface area contributed by atoms with Gasteiger partial charge in [-0.05, 0) is 27.2 Å². The highest BCUT2D eigenvalue weighted by molar-refractivity contribution is 4.72. The van der Waals surface area contributed by atoms with Gasteiger partial charge in [0.25, 0.3) is 0 Å². The van der Waals surface area contributed by atoms with E-state index in [4.69, 9.17) is 0 Å². The molecule has 1 rings (SSSR count). The summed E-state index contributed by atoms with van der Waals surface area (Å²) in [5.41, 5.74) is 3.39. The Morgan fingerprint density at radius 2 is 2.22 bits per heavy atom. The van der Waals surface area contributed by atoms with Crippen LogP contribution in [0.1, 0.15) is 27.2 Å². The molecule has 0 spiro atoms. The molecule has 1 aliphatic rings. The van der Waals surface area contributed by atoms with Crippen LogP contribution in [-0.2, 0) is 0 Å². The second kappa shape index (κ2) is 2.67. The first-order valence-corrected chi connectivity index (χ1v) is 3.73. The van der Waals surface area contributed by atoms with E-state index in [1.807, 2.05) is 0 Å². The van der Waals surface area contributed by atoms with Crippen molar-refractivity contribution in [3.63, 3.8) is 0 Å². The van der Waals surface area contributed by atoms with Gasteiger partial charge in [-0.1, -0.05) is 0 Å². The van der Waals surface area contributed by atoms with Gasteiger partial charge in [-0.15, -0.1) is 0 Å².